The van der Waals surface area contributed by atoms with E-state index in [1.54, 1.807) is 0 Å². The van der Waals surface area contributed by atoms with Gasteiger partial charge in [-0.3, -0.25) is 0 Å². The third-order valence-electron chi connectivity index (χ3n) is 1.42. The average Bonchev–Trinajstić information content (AvgIpc) is 1.83. The van der Waals surface area contributed by atoms with Crippen LogP contribution in [-0.2, 0) is 4.74 Å². The zero-order chi connectivity index (χ0) is 8.91. The maximum atomic E-state index is 8.61. The van der Waals surface area contributed by atoms with Crippen molar-refractivity contribution in [2.75, 3.05) is 13.2 Å². The monoisotopic (exact) mass is 160 g/mol. The van der Waals surface area contributed by atoms with Crippen molar-refractivity contribution in [3.05, 3.63) is 0 Å². The van der Waals surface area contributed by atoms with Crippen molar-refractivity contribution in [2.45, 2.75) is 39.7 Å². The predicted octanol–water partition coefficient (Wildman–Crippen LogP) is 1.82. The SMILES string of the molecule is CC(CCO)COC(C)(C)C. The molecule has 1 N–H and O–H groups in total. The summed E-state index contributed by atoms with van der Waals surface area (Å²) in [6.45, 7) is 9.21. The molecule has 0 amide bonds. The number of hydrogen-bond acceptors (Lipinski definition) is 2. The van der Waals surface area contributed by atoms with Crippen LogP contribution in [0, 0.1) is 5.92 Å². The third kappa shape index (κ3) is 7.82. The Kier molecular flexibility index (Phi) is 4.69. The molecule has 0 saturated heterocycles. The molecule has 1 atom stereocenters. The van der Waals surface area contributed by atoms with Crippen LogP contribution in [0.4, 0.5) is 0 Å². The van der Waals surface area contributed by atoms with Crippen molar-refractivity contribution in [3.63, 3.8) is 0 Å². The fraction of sp³-hybridized carbons (Fsp3) is 1.00. The van der Waals surface area contributed by atoms with Crippen molar-refractivity contribution >= 4 is 0 Å². The summed E-state index contributed by atoms with van der Waals surface area (Å²) in [6, 6.07) is 0. The Bertz CT molecular complexity index is 94.2. The molecule has 0 aromatic carbocycles. The van der Waals surface area contributed by atoms with E-state index in [-0.39, 0.29) is 12.2 Å². The van der Waals surface area contributed by atoms with Crippen molar-refractivity contribution in [1.82, 2.24) is 0 Å². The largest absolute Gasteiger partial charge is 0.396 e. The summed E-state index contributed by atoms with van der Waals surface area (Å²) in [7, 11) is 0. The molecular weight excluding hydrogens is 140 g/mol. The van der Waals surface area contributed by atoms with Gasteiger partial charge < -0.3 is 9.84 Å². The first-order valence-electron chi connectivity index (χ1n) is 4.20. The molecule has 68 valence electrons. The molecule has 0 aliphatic carbocycles. The normalized spacial score (nSPS) is 15.0. The van der Waals surface area contributed by atoms with Crippen LogP contribution in [0.15, 0.2) is 0 Å². The molecule has 2 nitrogen and oxygen atoms in total. The quantitative estimate of drug-likeness (QED) is 0.679. The lowest BCUT2D eigenvalue weighted by atomic mass is 10.1. The van der Waals surface area contributed by atoms with E-state index in [0.717, 1.165) is 13.0 Å². The van der Waals surface area contributed by atoms with Gasteiger partial charge in [-0.25, -0.2) is 0 Å². The molecule has 0 bridgehead atoms. The van der Waals surface area contributed by atoms with E-state index in [1.807, 2.05) is 20.8 Å². The van der Waals surface area contributed by atoms with Crippen LogP contribution in [0.3, 0.4) is 0 Å². The third-order valence-corrected chi connectivity index (χ3v) is 1.42. The molecule has 0 fully saturated rings. The van der Waals surface area contributed by atoms with Gasteiger partial charge in [-0.15, -0.1) is 0 Å². The lowest BCUT2D eigenvalue weighted by molar-refractivity contribution is -0.0225. The van der Waals surface area contributed by atoms with Crippen LogP contribution < -0.4 is 0 Å². The summed E-state index contributed by atoms with van der Waals surface area (Å²) in [5, 5.41) is 8.61. The molecule has 0 aromatic heterocycles. The Morgan fingerprint density at radius 3 is 2.27 bits per heavy atom. The average molecular weight is 160 g/mol. The summed E-state index contributed by atoms with van der Waals surface area (Å²) < 4.78 is 5.53. The summed E-state index contributed by atoms with van der Waals surface area (Å²) in [4.78, 5) is 0. The van der Waals surface area contributed by atoms with E-state index in [9.17, 15) is 0 Å². The maximum Gasteiger partial charge on any atom is 0.0598 e. The summed E-state index contributed by atoms with van der Waals surface area (Å²) in [6.07, 6.45) is 0.829. The van der Waals surface area contributed by atoms with Crippen molar-refractivity contribution in [3.8, 4) is 0 Å². The Balaban J connectivity index is 3.38. The highest BCUT2D eigenvalue weighted by atomic mass is 16.5. The molecule has 0 rings (SSSR count). The molecule has 1 unspecified atom stereocenters. The van der Waals surface area contributed by atoms with E-state index in [4.69, 9.17) is 9.84 Å². The van der Waals surface area contributed by atoms with Crippen molar-refractivity contribution in [2.24, 2.45) is 5.92 Å². The van der Waals surface area contributed by atoms with Crippen LogP contribution in [0.25, 0.3) is 0 Å². The van der Waals surface area contributed by atoms with Gasteiger partial charge >= 0.3 is 0 Å². The van der Waals surface area contributed by atoms with Gasteiger partial charge in [0.15, 0.2) is 0 Å². The number of hydrogen-bond donors (Lipinski definition) is 1. The highest BCUT2D eigenvalue weighted by Gasteiger charge is 2.11. The van der Waals surface area contributed by atoms with Gasteiger partial charge in [0.2, 0.25) is 0 Å². The van der Waals surface area contributed by atoms with Gasteiger partial charge in [0.05, 0.1) is 5.60 Å². The molecular formula is C9H20O2. The molecule has 0 aromatic rings. The van der Waals surface area contributed by atoms with Crippen LogP contribution in [-0.4, -0.2) is 23.9 Å². The van der Waals surface area contributed by atoms with Gasteiger partial charge in [0.1, 0.15) is 0 Å². The Labute approximate surface area is 69.6 Å². The molecule has 0 aliphatic heterocycles. The molecule has 0 spiro atoms. The zero-order valence-corrected chi connectivity index (χ0v) is 8.05. The summed E-state index contributed by atoms with van der Waals surface area (Å²) >= 11 is 0. The van der Waals surface area contributed by atoms with Gasteiger partial charge in [-0.05, 0) is 33.1 Å². The standard InChI is InChI=1S/C9H20O2/c1-8(5-6-10)7-11-9(2,3)4/h8,10H,5-7H2,1-4H3. The van der Waals surface area contributed by atoms with Crippen LogP contribution in [0.1, 0.15) is 34.1 Å². The maximum absolute atomic E-state index is 8.61. The molecule has 0 heterocycles. The van der Waals surface area contributed by atoms with Crippen LogP contribution >= 0.6 is 0 Å². The van der Waals surface area contributed by atoms with Gasteiger partial charge in [0, 0.05) is 13.2 Å². The predicted molar refractivity (Wildman–Crippen MR) is 46.6 cm³/mol. The summed E-state index contributed by atoms with van der Waals surface area (Å²) in [5.41, 5.74) is -0.0519. The van der Waals surface area contributed by atoms with E-state index in [2.05, 4.69) is 6.92 Å². The van der Waals surface area contributed by atoms with Gasteiger partial charge in [-0.1, -0.05) is 6.92 Å². The second-order valence-corrected chi connectivity index (χ2v) is 4.04. The van der Waals surface area contributed by atoms with Gasteiger partial charge in [-0.2, -0.15) is 0 Å². The lowest BCUT2D eigenvalue weighted by Gasteiger charge is -2.22. The first kappa shape index (κ1) is 10.9. The molecule has 0 aliphatic rings. The Morgan fingerprint density at radius 2 is 1.91 bits per heavy atom. The van der Waals surface area contributed by atoms with E-state index < -0.39 is 0 Å². The van der Waals surface area contributed by atoms with Crippen LogP contribution in [0.5, 0.6) is 0 Å². The summed E-state index contributed by atoms with van der Waals surface area (Å²) in [5.74, 6) is 0.458. The molecule has 11 heavy (non-hydrogen) atoms. The zero-order valence-electron chi connectivity index (χ0n) is 8.05. The first-order chi connectivity index (χ1) is 4.95. The van der Waals surface area contributed by atoms with E-state index in [1.165, 1.54) is 0 Å². The molecule has 0 radical (unpaired) electrons. The first-order valence-corrected chi connectivity index (χ1v) is 4.20. The minimum Gasteiger partial charge on any atom is -0.396 e. The number of aliphatic hydroxyl groups excluding tert-OH is 1. The second-order valence-electron chi connectivity index (χ2n) is 4.04. The fourth-order valence-corrected chi connectivity index (χ4v) is 0.696. The number of rotatable bonds is 4. The van der Waals surface area contributed by atoms with Crippen molar-refractivity contribution < 1.29 is 9.84 Å². The topological polar surface area (TPSA) is 29.5 Å². The van der Waals surface area contributed by atoms with E-state index in [0.29, 0.717) is 5.92 Å². The minimum atomic E-state index is -0.0519. The smallest absolute Gasteiger partial charge is 0.0598 e. The molecule has 0 saturated carbocycles. The lowest BCUT2D eigenvalue weighted by Crippen LogP contribution is -2.22. The van der Waals surface area contributed by atoms with Crippen LogP contribution in [0.2, 0.25) is 0 Å². The Morgan fingerprint density at radius 1 is 1.36 bits per heavy atom. The fourth-order valence-electron chi connectivity index (χ4n) is 0.696. The number of aliphatic hydroxyl groups is 1. The highest BCUT2D eigenvalue weighted by Crippen LogP contribution is 2.10. The van der Waals surface area contributed by atoms with E-state index >= 15 is 0 Å². The second kappa shape index (κ2) is 4.73. The molecule has 2 heteroatoms. The number of ether oxygens (including phenoxy) is 1. The minimum absolute atomic E-state index is 0.0519. The van der Waals surface area contributed by atoms with Crippen molar-refractivity contribution in [1.29, 1.82) is 0 Å². The van der Waals surface area contributed by atoms with Gasteiger partial charge in [0.25, 0.3) is 0 Å². The highest BCUT2D eigenvalue weighted by molar-refractivity contribution is 4.60. The Hall–Kier alpha value is -0.0800.